The van der Waals surface area contributed by atoms with Crippen LogP contribution < -0.4 is 5.32 Å². The van der Waals surface area contributed by atoms with E-state index in [0.29, 0.717) is 19.4 Å². The molecule has 0 aromatic heterocycles. The summed E-state index contributed by atoms with van der Waals surface area (Å²) >= 11 is 0. The fraction of sp³-hybridized carbons (Fsp3) is 0.304. The van der Waals surface area contributed by atoms with Gasteiger partial charge in [0.2, 0.25) is 0 Å². The number of urea groups is 1. The predicted octanol–water partition coefficient (Wildman–Crippen LogP) is 2.41. The first kappa shape index (κ1) is 18.5. The number of carbonyl (C=O) groups excluding carboxylic acids is 3. The van der Waals surface area contributed by atoms with Crippen LogP contribution in [0.15, 0.2) is 59.7 Å². The first-order valence-corrected chi connectivity index (χ1v) is 10.2. The van der Waals surface area contributed by atoms with Crippen molar-refractivity contribution in [2.24, 2.45) is 5.10 Å². The summed E-state index contributed by atoms with van der Waals surface area (Å²) in [7, 11) is 0. The van der Waals surface area contributed by atoms with Gasteiger partial charge < -0.3 is 5.32 Å². The van der Waals surface area contributed by atoms with Crippen LogP contribution in [0.1, 0.15) is 36.0 Å². The number of aryl methyl sites for hydroxylation is 1. The lowest BCUT2D eigenvalue weighted by molar-refractivity contribution is -0.139. The van der Waals surface area contributed by atoms with Crippen molar-refractivity contribution in [2.45, 2.75) is 31.2 Å². The zero-order valence-corrected chi connectivity index (χ0v) is 16.5. The summed E-state index contributed by atoms with van der Waals surface area (Å²) in [6.07, 6.45) is 2.87. The molecule has 0 bridgehead atoms. The molecule has 7 nitrogen and oxygen atoms in total. The maximum atomic E-state index is 13.3. The third-order valence-corrected chi connectivity index (χ3v) is 6.14. The van der Waals surface area contributed by atoms with E-state index >= 15 is 0 Å². The van der Waals surface area contributed by atoms with E-state index in [4.69, 9.17) is 0 Å². The Bertz CT molecular complexity index is 1070. The smallest absolute Gasteiger partial charge is 0.319 e. The minimum Gasteiger partial charge on any atom is -0.319 e. The summed E-state index contributed by atoms with van der Waals surface area (Å²) in [6, 6.07) is 16.9. The molecule has 2 aromatic rings. The number of hydrogen-bond acceptors (Lipinski definition) is 4. The van der Waals surface area contributed by atoms with Crippen molar-refractivity contribution in [2.75, 3.05) is 13.1 Å². The molecule has 4 amide bonds. The molecule has 3 aliphatic rings. The molecule has 0 unspecified atom stereocenters. The van der Waals surface area contributed by atoms with Gasteiger partial charge in [-0.05, 0) is 36.0 Å². The number of fused-ring (bicyclic) bond motifs is 2. The van der Waals surface area contributed by atoms with E-state index in [1.54, 1.807) is 0 Å². The lowest BCUT2D eigenvalue weighted by Crippen LogP contribution is -2.47. The second-order valence-electron chi connectivity index (χ2n) is 7.92. The molecule has 152 valence electrons. The molecule has 0 radical (unpaired) electrons. The largest absolute Gasteiger partial charge is 0.325 e. The molecule has 2 heterocycles. The number of benzene rings is 2. The molecule has 2 aliphatic heterocycles. The average Bonchev–Trinajstić information content (AvgIpc) is 3.35. The topological polar surface area (TPSA) is 82.1 Å². The standard InChI is InChI=1S/C23H22N4O3/c28-20(27-14-12-19(25-27)17-8-2-1-3-9-17)15-26-21(29)23(24-22(26)30)13-6-10-16-7-4-5-11-18(16)23/h1-5,7-9,11H,6,10,12-15H2,(H,24,30)/t23-/m0/s1. The minimum absolute atomic E-state index is 0.305. The third kappa shape index (κ3) is 2.89. The Morgan fingerprint density at radius 1 is 1.03 bits per heavy atom. The van der Waals surface area contributed by atoms with Crippen molar-refractivity contribution >= 4 is 23.6 Å². The Balaban J connectivity index is 1.35. The monoisotopic (exact) mass is 402 g/mol. The molecule has 1 atom stereocenters. The minimum atomic E-state index is -1.06. The van der Waals surface area contributed by atoms with Gasteiger partial charge in [0.25, 0.3) is 11.8 Å². The SMILES string of the molecule is O=C(CN1C(=O)N[C@]2(CCCc3ccccc32)C1=O)N1CCC(c2ccccc2)=N1. The van der Waals surface area contributed by atoms with Crippen LogP contribution >= 0.6 is 0 Å². The Morgan fingerprint density at radius 3 is 2.63 bits per heavy atom. The molecule has 5 rings (SSSR count). The van der Waals surface area contributed by atoms with Crippen LogP contribution in [0, 0.1) is 0 Å². The summed E-state index contributed by atoms with van der Waals surface area (Å²) in [5.41, 5.74) is 2.66. The number of carbonyl (C=O) groups is 3. The summed E-state index contributed by atoms with van der Waals surface area (Å²) in [5, 5.41) is 8.67. The molecule has 1 N–H and O–H groups in total. The molecule has 1 aliphatic carbocycles. The second-order valence-corrected chi connectivity index (χ2v) is 7.92. The maximum absolute atomic E-state index is 13.3. The molecule has 30 heavy (non-hydrogen) atoms. The van der Waals surface area contributed by atoms with E-state index in [0.717, 1.165) is 40.1 Å². The van der Waals surface area contributed by atoms with Gasteiger partial charge in [-0.25, -0.2) is 9.80 Å². The van der Waals surface area contributed by atoms with E-state index in [1.807, 2.05) is 54.6 Å². The average molecular weight is 402 g/mol. The van der Waals surface area contributed by atoms with Crippen LogP contribution in [0.4, 0.5) is 4.79 Å². The van der Waals surface area contributed by atoms with Gasteiger partial charge >= 0.3 is 6.03 Å². The second kappa shape index (κ2) is 7.09. The number of imide groups is 1. The zero-order valence-electron chi connectivity index (χ0n) is 16.5. The summed E-state index contributed by atoms with van der Waals surface area (Å²) in [4.78, 5) is 39.9. The van der Waals surface area contributed by atoms with Gasteiger partial charge in [0.05, 0.1) is 12.3 Å². The molecule has 0 saturated carbocycles. The van der Waals surface area contributed by atoms with Crippen LogP contribution in [0.5, 0.6) is 0 Å². The lowest BCUT2D eigenvalue weighted by Gasteiger charge is -2.33. The van der Waals surface area contributed by atoms with Gasteiger partial charge in [-0.2, -0.15) is 5.10 Å². The summed E-state index contributed by atoms with van der Waals surface area (Å²) in [5.74, 6) is -0.704. The molecular weight excluding hydrogens is 380 g/mol. The molecule has 1 saturated heterocycles. The number of nitrogens with zero attached hydrogens (tertiary/aromatic N) is 3. The van der Waals surface area contributed by atoms with Gasteiger partial charge in [-0.3, -0.25) is 14.5 Å². The van der Waals surface area contributed by atoms with Gasteiger partial charge in [0.1, 0.15) is 12.1 Å². The van der Waals surface area contributed by atoms with E-state index < -0.39 is 11.6 Å². The van der Waals surface area contributed by atoms with Crippen molar-refractivity contribution in [1.82, 2.24) is 15.2 Å². The van der Waals surface area contributed by atoms with Gasteiger partial charge in [0.15, 0.2) is 0 Å². The predicted molar refractivity (Wildman–Crippen MR) is 111 cm³/mol. The van der Waals surface area contributed by atoms with Crippen molar-refractivity contribution < 1.29 is 14.4 Å². The Morgan fingerprint density at radius 2 is 1.80 bits per heavy atom. The fourth-order valence-corrected chi connectivity index (χ4v) is 4.64. The van der Waals surface area contributed by atoms with E-state index in [2.05, 4.69) is 10.4 Å². The Hall–Kier alpha value is -3.48. The number of amides is 4. The van der Waals surface area contributed by atoms with Crippen LogP contribution in [-0.2, 0) is 21.5 Å². The molecule has 7 heteroatoms. The third-order valence-electron chi connectivity index (χ3n) is 6.14. The van der Waals surface area contributed by atoms with E-state index in [9.17, 15) is 14.4 Å². The normalized spacial score (nSPS) is 22.9. The number of hydrazone groups is 1. The first-order chi connectivity index (χ1) is 14.6. The highest BCUT2D eigenvalue weighted by Gasteiger charge is 2.54. The van der Waals surface area contributed by atoms with Crippen molar-refractivity contribution in [3.63, 3.8) is 0 Å². The van der Waals surface area contributed by atoms with Crippen molar-refractivity contribution in [3.05, 3.63) is 71.3 Å². The highest BCUT2D eigenvalue weighted by atomic mass is 16.2. The van der Waals surface area contributed by atoms with Gasteiger partial charge in [0, 0.05) is 6.42 Å². The Kier molecular flexibility index (Phi) is 4.38. The lowest BCUT2D eigenvalue weighted by atomic mass is 9.76. The summed E-state index contributed by atoms with van der Waals surface area (Å²) < 4.78 is 0. The van der Waals surface area contributed by atoms with E-state index in [-0.39, 0.29) is 18.4 Å². The van der Waals surface area contributed by atoms with Crippen LogP contribution in [-0.4, -0.2) is 46.6 Å². The van der Waals surface area contributed by atoms with E-state index in [1.165, 1.54) is 5.01 Å². The first-order valence-electron chi connectivity index (χ1n) is 10.2. The molecule has 2 aromatic carbocycles. The molecule has 1 fully saturated rings. The quantitative estimate of drug-likeness (QED) is 0.801. The number of rotatable bonds is 3. The van der Waals surface area contributed by atoms with Crippen molar-refractivity contribution in [1.29, 1.82) is 0 Å². The van der Waals surface area contributed by atoms with Crippen molar-refractivity contribution in [3.8, 4) is 0 Å². The highest BCUT2D eigenvalue weighted by molar-refractivity contribution is 6.10. The van der Waals surface area contributed by atoms with Gasteiger partial charge in [-0.1, -0.05) is 54.6 Å². The highest BCUT2D eigenvalue weighted by Crippen LogP contribution is 2.39. The van der Waals surface area contributed by atoms with Crippen LogP contribution in [0.3, 0.4) is 0 Å². The molecule has 1 spiro atoms. The Labute approximate surface area is 174 Å². The zero-order chi connectivity index (χ0) is 20.7. The maximum Gasteiger partial charge on any atom is 0.325 e. The molecular formula is C23H22N4O3. The summed E-state index contributed by atoms with van der Waals surface area (Å²) in [6.45, 7) is 0.140. The fourth-order valence-electron chi connectivity index (χ4n) is 4.64. The van der Waals surface area contributed by atoms with Crippen LogP contribution in [0.2, 0.25) is 0 Å². The van der Waals surface area contributed by atoms with Gasteiger partial charge in [-0.15, -0.1) is 0 Å². The number of hydrogen-bond donors (Lipinski definition) is 1. The number of nitrogens with one attached hydrogen (secondary N) is 1. The van der Waals surface area contributed by atoms with Crippen LogP contribution in [0.25, 0.3) is 0 Å².